The van der Waals surface area contributed by atoms with E-state index < -0.39 is 12.1 Å². The van der Waals surface area contributed by atoms with Crippen molar-refractivity contribution in [2.24, 2.45) is 22.2 Å². The molecule has 0 saturated heterocycles. The van der Waals surface area contributed by atoms with E-state index in [9.17, 15) is 9.59 Å². The van der Waals surface area contributed by atoms with E-state index in [2.05, 4.69) is 15.6 Å². The fraction of sp³-hybridized carbons (Fsp3) is 0.240. The molecule has 8 N–H and O–H groups in total. The van der Waals surface area contributed by atoms with Gasteiger partial charge in [0.05, 0.1) is 6.04 Å². The van der Waals surface area contributed by atoms with Crippen molar-refractivity contribution in [3.05, 3.63) is 78.4 Å². The molecular formula is C25H30N6O2. The maximum absolute atomic E-state index is 13.0. The molecule has 0 saturated carbocycles. The molecule has 0 aromatic heterocycles. The first-order valence-corrected chi connectivity index (χ1v) is 10.9. The molecule has 0 bridgehead atoms. The average Bonchev–Trinajstić information content (AvgIpc) is 2.81. The number of carbonyl (C=O) groups excluding carboxylic acids is 2. The average molecular weight is 447 g/mol. The Labute approximate surface area is 193 Å². The monoisotopic (exact) mass is 446 g/mol. The van der Waals surface area contributed by atoms with Crippen molar-refractivity contribution in [1.29, 1.82) is 0 Å². The summed E-state index contributed by atoms with van der Waals surface area (Å²) in [5, 5.41) is 7.78. The van der Waals surface area contributed by atoms with Crippen molar-refractivity contribution < 1.29 is 9.59 Å². The summed E-state index contributed by atoms with van der Waals surface area (Å²) < 4.78 is 0. The Balaban J connectivity index is 1.67. The van der Waals surface area contributed by atoms with Gasteiger partial charge in [-0.1, -0.05) is 60.7 Å². The Kier molecular flexibility index (Phi) is 8.37. The van der Waals surface area contributed by atoms with Crippen LogP contribution in [0.15, 0.2) is 77.8 Å². The van der Waals surface area contributed by atoms with Crippen LogP contribution in [0.5, 0.6) is 0 Å². The summed E-state index contributed by atoms with van der Waals surface area (Å²) in [7, 11) is 0. The molecule has 0 heterocycles. The minimum atomic E-state index is -0.778. The highest BCUT2D eigenvalue weighted by Crippen LogP contribution is 2.19. The van der Waals surface area contributed by atoms with E-state index in [4.69, 9.17) is 17.2 Å². The molecule has 0 aliphatic heterocycles. The van der Waals surface area contributed by atoms with Gasteiger partial charge in [-0.25, -0.2) is 0 Å². The van der Waals surface area contributed by atoms with Crippen molar-refractivity contribution in [3.8, 4) is 0 Å². The van der Waals surface area contributed by atoms with Crippen LogP contribution in [0.1, 0.15) is 18.4 Å². The zero-order valence-corrected chi connectivity index (χ0v) is 18.4. The third-order valence-electron chi connectivity index (χ3n) is 5.23. The van der Waals surface area contributed by atoms with Crippen molar-refractivity contribution in [1.82, 2.24) is 5.32 Å². The Morgan fingerprint density at radius 1 is 0.879 bits per heavy atom. The Morgan fingerprint density at radius 3 is 2.30 bits per heavy atom. The summed E-state index contributed by atoms with van der Waals surface area (Å²) >= 11 is 0. The summed E-state index contributed by atoms with van der Waals surface area (Å²) in [5.41, 5.74) is 18.5. The highest BCUT2D eigenvalue weighted by molar-refractivity contribution is 5.99. The first-order valence-electron chi connectivity index (χ1n) is 10.9. The minimum Gasteiger partial charge on any atom is -0.370 e. The molecule has 3 aromatic carbocycles. The Morgan fingerprint density at radius 2 is 1.58 bits per heavy atom. The summed E-state index contributed by atoms with van der Waals surface area (Å²) in [6, 6.07) is 21.5. The number of anilines is 1. The summed E-state index contributed by atoms with van der Waals surface area (Å²) in [6.07, 6.45) is 1.25. The molecule has 2 amide bonds. The molecule has 0 fully saturated rings. The number of rotatable bonds is 10. The highest BCUT2D eigenvalue weighted by atomic mass is 16.2. The molecule has 3 aromatic rings. The van der Waals surface area contributed by atoms with Gasteiger partial charge in [0.1, 0.15) is 6.04 Å². The highest BCUT2D eigenvalue weighted by Gasteiger charge is 2.24. The van der Waals surface area contributed by atoms with Gasteiger partial charge in [0, 0.05) is 12.2 Å². The Hall–Kier alpha value is -3.91. The van der Waals surface area contributed by atoms with E-state index in [1.54, 1.807) is 0 Å². The third-order valence-corrected chi connectivity index (χ3v) is 5.23. The van der Waals surface area contributed by atoms with Gasteiger partial charge in [-0.3, -0.25) is 14.6 Å². The number of benzene rings is 3. The molecule has 0 aliphatic rings. The van der Waals surface area contributed by atoms with Crippen molar-refractivity contribution in [3.63, 3.8) is 0 Å². The predicted octanol–water partition coefficient (Wildman–Crippen LogP) is 1.89. The molecule has 3 rings (SSSR count). The summed E-state index contributed by atoms with van der Waals surface area (Å²) in [4.78, 5) is 29.7. The maximum Gasteiger partial charge on any atom is 0.246 e. The largest absolute Gasteiger partial charge is 0.370 e. The van der Waals surface area contributed by atoms with E-state index in [0.29, 0.717) is 31.5 Å². The van der Waals surface area contributed by atoms with E-state index in [-0.39, 0.29) is 17.8 Å². The van der Waals surface area contributed by atoms with Gasteiger partial charge in [-0.2, -0.15) is 0 Å². The maximum atomic E-state index is 13.0. The zero-order valence-electron chi connectivity index (χ0n) is 18.4. The lowest BCUT2D eigenvalue weighted by Gasteiger charge is -2.21. The van der Waals surface area contributed by atoms with Crippen molar-refractivity contribution in [2.45, 2.75) is 31.3 Å². The molecule has 0 spiro atoms. The first kappa shape index (κ1) is 23.7. The number of hydrogen-bond donors (Lipinski definition) is 5. The van der Waals surface area contributed by atoms with E-state index in [1.807, 2.05) is 72.8 Å². The molecule has 8 heteroatoms. The number of fused-ring (bicyclic) bond motifs is 1. The zero-order chi connectivity index (χ0) is 23.6. The number of nitrogens with two attached hydrogens (primary N) is 3. The lowest BCUT2D eigenvalue weighted by molar-refractivity contribution is -0.127. The van der Waals surface area contributed by atoms with Crippen LogP contribution < -0.4 is 27.8 Å². The van der Waals surface area contributed by atoms with Crippen LogP contribution in [-0.2, 0) is 16.0 Å². The fourth-order valence-corrected chi connectivity index (χ4v) is 3.51. The van der Waals surface area contributed by atoms with Crippen LogP contribution >= 0.6 is 0 Å². The normalized spacial score (nSPS) is 12.5. The fourth-order valence-electron chi connectivity index (χ4n) is 3.51. The van der Waals surface area contributed by atoms with Gasteiger partial charge in [0.2, 0.25) is 11.8 Å². The molecule has 172 valence electrons. The molecule has 0 radical (unpaired) electrons. The number of hydrogen-bond acceptors (Lipinski definition) is 4. The van der Waals surface area contributed by atoms with Crippen LogP contribution in [0.2, 0.25) is 0 Å². The second-order valence-corrected chi connectivity index (χ2v) is 7.86. The van der Waals surface area contributed by atoms with Crippen LogP contribution in [0.3, 0.4) is 0 Å². The standard InChI is InChI=1S/C25H30N6O2/c26-21(15-17-7-2-1-3-8-17)23(32)31-22(11-6-14-29-25(27)28)24(33)30-20-13-12-18-9-4-5-10-19(18)16-20/h1-5,7-10,12-13,16,21-22H,6,11,14-15,26H2,(H,30,33)(H,31,32)(H4,27,28,29)/t21-,22-/m0/s1. The number of amides is 2. The lowest BCUT2D eigenvalue weighted by Crippen LogP contribution is -2.50. The number of carbonyl (C=O) groups is 2. The van der Waals surface area contributed by atoms with E-state index >= 15 is 0 Å². The van der Waals surface area contributed by atoms with E-state index in [1.165, 1.54) is 0 Å². The van der Waals surface area contributed by atoms with Gasteiger partial charge in [0.25, 0.3) is 0 Å². The van der Waals surface area contributed by atoms with Crippen molar-refractivity contribution in [2.75, 3.05) is 11.9 Å². The Bertz CT molecular complexity index is 1110. The number of guanidine groups is 1. The molecule has 0 aliphatic carbocycles. The lowest BCUT2D eigenvalue weighted by atomic mass is 10.0. The SMILES string of the molecule is NC(N)=NCCC[C@H](NC(=O)[C@@H](N)Cc1ccccc1)C(=O)Nc1ccc2ccccc2c1. The number of aliphatic imine (C=N–C) groups is 1. The topological polar surface area (TPSA) is 149 Å². The van der Waals surface area contributed by atoms with Crippen LogP contribution in [0, 0.1) is 0 Å². The summed E-state index contributed by atoms with van der Waals surface area (Å²) in [5.74, 6) is -0.726. The molecular weight excluding hydrogens is 416 g/mol. The smallest absolute Gasteiger partial charge is 0.246 e. The minimum absolute atomic E-state index is 0.0129. The molecule has 33 heavy (non-hydrogen) atoms. The molecule has 8 nitrogen and oxygen atoms in total. The van der Waals surface area contributed by atoms with Crippen LogP contribution in [0.25, 0.3) is 10.8 Å². The van der Waals surface area contributed by atoms with Gasteiger partial charge in [0.15, 0.2) is 5.96 Å². The predicted molar refractivity (Wildman–Crippen MR) is 133 cm³/mol. The van der Waals surface area contributed by atoms with Gasteiger partial charge in [-0.15, -0.1) is 0 Å². The second kappa shape index (κ2) is 11.6. The molecule has 0 unspecified atom stereocenters. The van der Waals surface area contributed by atoms with Crippen molar-refractivity contribution >= 4 is 34.2 Å². The van der Waals surface area contributed by atoms with Gasteiger partial charge >= 0.3 is 0 Å². The number of nitrogens with zero attached hydrogens (tertiary/aromatic N) is 1. The summed E-state index contributed by atoms with van der Waals surface area (Å²) in [6.45, 7) is 0.355. The van der Waals surface area contributed by atoms with Crippen LogP contribution in [0.4, 0.5) is 5.69 Å². The third kappa shape index (κ3) is 7.33. The second-order valence-electron chi connectivity index (χ2n) is 7.86. The molecule has 2 atom stereocenters. The first-order chi connectivity index (χ1) is 15.9. The quantitative estimate of drug-likeness (QED) is 0.183. The van der Waals surface area contributed by atoms with Gasteiger partial charge in [-0.05, 0) is 47.7 Å². The van der Waals surface area contributed by atoms with Gasteiger partial charge < -0.3 is 27.8 Å². The van der Waals surface area contributed by atoms with E-state index in [0.717, 1.165) is 16.3 Å². The van der Waals surface area contributed by atoms with Crippen LogP contribution in [-0.4, -0.2) is 36.4 Å². The number of nitrogens with one attached hydrogen (secondary N) is 2.